The van der Waals surface area contributed by atoms with Gasteiger partial charge in [-0.05, 0) is 0 Å². The van der Waals surface area contributed by atoms with E-state index in [2.05, 4.69) is 0 Å². The third kappa shape index (κ3) is 5.12. The van der Waals surface area contributed by atoms with Crippen molar-refractivity contribution in [3.63, 3.8) is 0 Å². The van der Waals surface area contributed by atoms with Crippen molar-refractivity contribution in [1.29, 1.82) is 0 Å². The van der Waals surface area contributed by atoms with Crippen LogP contribution in [0.5, 0.6) is 0 Å². The minimum atomic E-state index is -7.11. The maximum Gasteiger partial charge on any atom is 0.460 e. The molecule has 0 unspecified atom stereocenters. The van der Waals surface area contributed by atoms with Crippen molar-refractivity contribution in [2.75, 3.05) is 12.3 Å². The van der Waals surface area contributed by atoms with E-state index in [1.165, 1.54) is 5.32 Å². The monoisotopic (exact) mass is 385 g/mol. The molecule has 0 aromatic heterocycles. The smallest absolute Gasteiger partial charge is 0.355 e. The van der Waals surface area contributed by atoms with E-state index in [0.29, 0.717) is 0 Å². The number of carbonyl (C=O) groups is 1. The van der Waals surface area contributed by atoms with Crippen LogP contribution in [0, 0.1) is 0 Å². The molecule has 1 amide bonds. The first kappa shape index (κ1) is 21.8. The topological polar surface area (TPSA) is 83.5 Å². The first-order chi connectivity index (χ1) is 9.85. The zero-order valence-electron chi connectivity index (χ0n) is 10.6. The summed E-state index contributed by atoms with van der Waals surface area (Å²) in [5, 5.41) is 1.24. The van der Waals surface area contributed by atoms with Gasteiger partial charge in [0.25, 0.3) is 10.1 Å². The van der Waals surface area contributed by atoms with Crippen molar-refractivity contribution in [3.8, 4) is 0 Å². The summed E-state index contributed by atoms with van der Waals surface area (Å²) >= 11 is 0. The van der Waals surface area contributed by atoms with E-state index >= 15 is 0 Å². The fraction of sp³-hybridized carbons (Fsp3) is 0.875. The Morgan fingerprint density at radius 3 is 1.70 bits per heavy atom. The number of nitrogens with one attached hydrogen (secondary N) is 1. The van der Waals surface area contributed by atoms with E-state index in [1.54, 1.807) is 0 Å². The van der Waals surface area contributed by atoms with Crippen LogP contribution in [0.25, 0.3) is 0 Å². The molecule has 0 rings (SSSR count). The SMILES string of the molecule is O=C(CC(F)(F)C(F)(F)C(F)(F)C(F)(F)F)NCCS(=O)(=O)O. The van der Waals surface area contributed by atoms with Crippen molar-refractivity contribution in [1.82, 2.24) is 5.32 Å². The van der Waals surface area contributed by atoms with Crippen LogP contribution in [-0.2, 0) is 14.9 Å². The molecule has 15 heteroatoms. The highest BCUT2D eigenvalue weighted by molar-refractivity contribution is 7.85. The van der Waals surface area contributed by atoms with Crippen molar-refractivity contribution < 1.29 is 57.3 Å². The van der Waals surface area contributed by atoms with Gasteiger partial charge in [-0.1, -0.05) is 0 Å². The predicted molar refractivity (Wildman–Crippen MR) is 54.9 cm³/mol. The first-order valence-corrected chi connectivity index (χ1v) is 6.88. The molecule has 0 fully saturated rings. The highest BCUT2D eigenvalue weighted by Gasteiger charge is 2.81. The van der Waals surface area contributed by atoms with Crippen LogP contribution < -0.4 is 5.32 Å². The van der Waals surface area contributed by atoms with Gasteiger partial charge in [0.05, 0.1) is 12.2 Å². The third-order valence-electron chi connectivity index (χ3n) is 2.27. The second kappa shape index (κ2) is 6.33. The molecular weight excluding hydrogens is 377 g/mol. The van der Waals surface area contributed by atoms with Crippen molar-refractivity contribution in [3.05, 3.63) is 0 Å². The molecule has 23 heavy (non-hydrogen) atoms. The lowest BCUT2D eigenvalue weighted by atomic mass is 10.0. The van der Waals surface area contributed by atoms with Gasteiger partial charge in [-0.2, -0.15) is 47.9 Å². The largest absolute Gasteiger partial charge is 0.460 e. The summed E-state index contributed by atoms with van der Waals surface area (Å²) in [7, 11) is -4.65. The summed E-state index contributed by atoms with van der Waals surface area (Å²) in [6, 6.07) is 0. The molecule has 0 spiro atoms. The normalized spacial score (nSPS) is 14.7. The number of rotatable bonds is 7. The summed E-state index contributed by atoms with van der Waals surface area (Å²) in [5.74, 6) is -23.5. The third-order valence-corrected chi connectivity index (χ3v) is 2.99. The lowest BCUT2D eigenvalue weighted by molar-refractivity contribution is -0.395. The lowest BCUT2D eigenvalue weighted by Crippen LogP contribution is -2.61. The summed E-state index contributed by atoms with van der Waals surface area (Å²) in [4.78, 5) is 10.8. The Morgan fingerprint density at radius 1 is 0.913 bits per heavy atom. The molecule has 138 valence electrons. The fourth-order valence-corrected chi connectivity index (χ4v) is 1.46. The Bertz CT molecular complexity index is 542. The average molecular weight is 385 g/mol. The molecule has 0 atom stereocenters. The van der Waals surface area contributed by atoms with E-state index < -0.39 is 58.7 Å². The molecule has 0 radical (unpaired) electrons. The van der Waals surface area contributed by atoms with Crippen LogP contribution in [0.3, 0.4) is 0 Å². The Morgan fingerprint density at radius 2 is 1.35 bits per heavy atom. The van der Waals surface area contributed by atoms with Gasteiger partial charge in [0.1, 0.15) is 0 Å². The molecule has 2 N–H and O–H groups in total. The van der Waals surface area contributed by atoms with Gasteiger partial charge in [-0.25, -0.2) is 0 Å². The zero-order chi connectivity index (χ0) is 18.9. The minimum absolute atomic E-state index is 1.06. The van der Waals surface area contributed by atoms with Gasteiger partial charge in [-0.3, -0.25) is 9.35 Å². The highest BCUT2D eigenvalue weighted by atomic mass is 32.2. The Hall–Kier alpha value is -1.25. The van der Waals surface area contributed by atoms with Crippen LogP contribution in [0.1, 0.15) is 6.42 Å². The maximum atomic E-state index is 13.0. The van der Waals surface area contributed by atoms with Gasteiger partial charge in [0.2, 0.25) is 5.91 Å². The quantitative estimate of drug-likeness (QED) is 0.518. The highest BCUT2D eigenvalue weighted by Crippen LogP contribution is 2.53. The zero-order valence-corrected chi connectivity index (χ0v) is 11.4. The lowest BCUT2D eigenvalue weighted by Gasteiger charge is -2.33. The number of hydrogen-bond acceptors (Lipinski definition) is 3. The van der Waals surface area contributed by atoms with E-state index in [-0.39, 0.29) is 0 Å². The predicted octanol–water partition coefficient (Wildman–Crippen LogP) is 1.85. The van der Waals surface area contributed by atoms with Crippen molar-refractivity contribution >= 4 is 16.0 Å². The van der Waals surface area contributed by atoms with Crippen LogP contribution in [0.15, 0.2) is 0 Å². The summed E-state index contributed by atoms with van der Waals surface area (Å²) < 4.78 is 140. The van der Waals surface area contributed by atoms with Crippen LogP contribution in [0.2, 0.25) is 0 Å². The van der Waals surface area contributed by atoms with Crippen molar-refractivity contribution in [2.24, 2.45) is 0 Å². The standard InChI is InChI=1S/C8H8F9NO4S/c9-5(10,3-4(19)18-1-2-23(20,21)22)6(11,12)7(13,14)8(15,16)17/h1-3H2,(H,18,19)(H,20,21,22). The average Bonchev–Trinajstić information content (AvgIpc) is 2.23. The van der Waals surface area contributed by atoms with Gasteiger partial charge in [0, 0.05) is 6.54 Å². The minimum Gasteiger partial charge on any atom is -0.355 e. The van der Waals surface area contributed by atoms with E-state index in [4.69, 9.17) is 4.55 Å². The van der Waals surface area contributed by atoms with Gasteiger partial charge in [-0.15, -0.1) is 0 Å². The Kier molecular flexibility index (Phi) is 5.99. The molecule has 0 saturated carbocycles. The fourth-order valence-electron chi connectivity index (χ4n) is 1.10. The molecule has 0 heterocycles. The van der Waals surface area contributed by atoms with E-state index in [1.807, 2.05) is 0 Å². The maximum absolute atomic E-state index is 13.0. The number of carbonyl (C=O) groups excluding carboxylic acids is 1. The number of hydrogen-bond donors (Lipinski definition) is 2. The number of amides is 1. The van der Waals surface area contributed by atoms with Crippen LogP contribution in [0.4, 0.5) is 39.5 Å². The Balaban J connectivity index is 5.08. The summed E-state index contributed by atoms with van der Waals surface area (Å²) in [6.45, 7) is -1.06. The molecule has 0 aliphatic heterocycles. The molecule has 0 bridgehead atoms. The molecule has 0 saturated heterocycles. The van der Waals surface area contributed by atoms with Crippen LogP contribution >= 0.6 is 0 Å². The van der Waals surface area contributed by atoms with Gasteiger partial charge in [0.15, 0.2) is 0 Å². The second-order valence-electron chi connectivity index (χ2n) is 4.16. The molecule has 0 aromatic carbocycles. The molecule has 0 aromatic rings. The van der Waals surface area contributed by atoms with Gasteiger partial charge >= 0.3 is 23.9 Å². The first-order valence-electron chi connectivity index (χ1n) is 5.27. The second-order valence-corrected chi connectivity index (χ2v) is 5.74. The summed E-state index contributed by atoms with van der Waals surface area (Å²) in [6.07, 6.45) is -9.77. The van der Waals surface area contributed by atoms with E-state index in [0.717, 1.165) is 0 Å². The van der Waals surface area contributed by atoms with E-state index in [9.17, 15) is 52.7 Å². The van der Waals surface area contributed by atoms with Gasteiger partial charge < -0.3 is 5.32 Å². The van der Waals surface area contributed by atoms with Crippen LogP contribution in [-0.4, -0.2) is 55.1 Å². The number of alkyl halides is 9. The van der Waals surface area contributed by atoms with Crippen molar-refractivity contribution in [2.45, 2.75) is 30.4 Å². The number of halogens is 9. The molecule has 5 nitrogen and oxygen atoms in total. The molecule has 0 aliphatic carbocycles. The summed E-state index contributed by atoms with van der Waals surface area (Å²) in [5.41, 5.74) is 0. The Labute approximate surface area is 122 Å². The molecule has 0 aliphatic rings. The molecular formula is C8H8F9NO4S.